The van der Waals surface area contributed by atoms with Crippen molar-refractivity contribution in [1.82, 2.24) is 4.90 Å². The fourth-order valence-corrected chi connectivity index (χ4v) is 3.04. The lowest BCUT2D eigenvalue weighted by molar-refractivity contribution is -0.129. The van der Waals surface area contributed by atoms with Gasteiger partial charge < -0.3 is 4.74 Å². The highest BCUT2D eigenvalue weighted by Gasteiger charge is 2.48. The van der Waals surface area contributed by atoms with Crippen molar-refractivity contribution in [3.63, 3.8) is 0 Å². The van der Waals surface area contributed by atoms with Gasteiger partial charge in [-0.05, 0) is 29.7 Å². The fraction of sp³-hybridized carbons (Fsp3) is 0.529. The summed E-state index contributed by atoms with van der Waals surface area (Å²) in [7, 11) is 0. The van der Waals surface area contributed by atoms with Crippen molar-refractivity contribution in [3.05, 3.63) is 35.9 Å². The molecular weight excluding hydrogens is 266 g/mol. The van der Waals surface area contributed by atoms with Crippen LogP contribution in [0.4, 0.5) is 4.79 Å². The summed E-state index contributed by atoms with van der Waals surface area (Å²) in [5, 5.41) is 0. The molecular formula is C17H21NO3. The Labute approximate surface area is 125 Å². The van der Waals surface area contributed by atoms with Gasteiger partial charge in [0.2, 0.25) is 5.91 Å². The third-order valence-corrected chi connectivity index (χ3v) is 4.68. The Morgan fingerprint density at radius 3 is 2.62 bits per heavy atom. The maximum Gasteiger partial charge on any atom is 0.416 e. The van der Waals surface area contributed by atoms with Gasteiger partial charge >= 0.3 is 6.09 Å². The Hall–Kier alpha value is -1.84. The molecule has 0 spiro atoms. The van der Waals surface area contributed by atoms with Crippen molar-refractivity contribution in [2.45, 2.75) is 39.2 Å². The molecule has 0 aromatic heterocycles. The van der Waals surface area contributed by atoms with Crippen LogP contribution >= 0.6 is 0 Å². The lowest BCUT2D eigenvalue weighted by atomic mass is 10.0. The molecule has 3 rings (SSSR count). The van der Waals surface area contributed by atoms with Gasteiger partial charge in [0.25, 0.3) is 0 Å². The molecule has 0 N–H and O–H groups in total. The summed E-state index contributed by atoms with van der Waals surface area (Å²) in [6, 6.07) is 9.73. The highest BCUT2D eigenvalue weighted by Crippen LogP contribution is 2.53. The molecule has 2 aliphatic rings. The summed E-state index contributed by atoms with van der Waals surface area (Å²) >= 11 is 0. The minimum atomic E-state index is -0.487. The highest BCUT2D eigenvalue weighted by atomic mass is 16.6. The smallest absolute Gasteiger partial charge is 0.416 e. The summed E-state index contributed by atoms with van der Waals surface area (Å²) in [5.74, 6) is 0.310. The normalized spacial score (nSPS) is 26.6. The molecule has 2 amide bonds. The van der Waals surface area contributed by atoms with Gasteiger partial charge in [-0.1, -0.05) is 44.2 Å². The van der Waals surface area contributed by atoms with E-state index in [-0.39, 0.29) is 17.4 Å². The van der Waals surface area contributed by atoms with E-state index in [1.165, 1.54) is 4.90 Å². The lowest BCUT2D eigenvalue weighted by Gasteiger charge is -2.20. The van der Waals surface area contributed by atoms with Gasteiger partial charge in [0.1, 0.15) is 6.61 Å². The lowest BCUT2D eigenvalue weighted by Crippen LogP contribution is -2.40. The van der Waals surface area contributed by atoms with Gasteiger partial charge in [0, 0.05) is 6.42 Å². The van der Waals surface area contributed by atoms with Crippen molar-refractivity contribution in [2.24, 2.45) is 11.3 Å². The number of rotatable bonds is 4. The van der Waals surface area contributed by atoms with E-state index in [2.05, 4.69) is 13.8 Å². The number of hydrogen-bond acceptors (Lipinski definition) is 3. The first kappa shape index (κ1) is 14.1. The summed E-state index contributed by atoms with van der Waals surface area (Å²) < 4.78 is 5.09. The Balaban J connectivity index is 1.66. The summed E-state index contributed by atoms with van der Waals surface area (Å²) in [6.07, 6.45) is 1.68. The van der Waals surface area contributed by atoms with Gasteiger partial charge in [0.15, 0.2) is 0 Å². The molecule has 4 heteroatoms. The van der Waals surface area contributed by atoms with Gasteiger partial charge in [-0.3, -0.25) is 4.79 Å². The number of carbonyl (C=O) groups is 2. The SMILES string of the molecule is CC1(C)CC1CC(=O)N1C(=O)OC[C@H]1Cc1ccccc1. The second-order valence-corrected chi connectivity index (χ2v) is 6.78. The molecule has 1 saturated carbocycles. The van der Waals surface area contributed by atoms with E-state index in [1.54, 1.807) is 0 Å². The third kappa shape index (κ3) is 2.94. The van der Waals surface area contributed by atoms with E-state index in [4.69, 9.17) is 4.74 Å². The van der Waals surface area contributed by atoms with E-state index in [1.807, 2.05) is 30.3 Å². The highest BCUT2D eigenvalue weighted by molar-refractivity contribution is 5.93. The Bertz CT molecular complexity index is 552. The van der Waals surface area contributed by atoms with Crippen molar-refractivity contribution in [3.8, 4) is 0 Å². The summed E-state index contributed by atoms with van der Waals surface area (Å²) in [4.78, 5) is 25.6. The maximum atomic E-state index is 12.4. The standard InChI is InChI=1S/C17H21NO3/c1-17(2)10-13(17)9-15(19)18-14(11-21-16(18)20)8-12-6-4-3-5-7-12/h3-7,13-14H,8-11H2,1-2H3/t13?,14-/m1/s1. The quantitative estimate of drug-likeness (QED) is 0.855. The second-order valence-electron chi connectivity index (χ2n) is 6.78. The molecule has 1 saturated heterocycles. The van der Waals surface area contributed by atoms with E-state index in [0.29, 0.717) is 25.4 Å². The van der Waals surface area contributed by atoms with Gasteiger partial charge in [-0.2, -0.15) is 0 Å². The minimum Gasteiger partial charge on any atom is -0.447 e. The molecule has 1 aliphatic carbocycles. The van der Waals surface area contributed by atoms with E-state index in [0.717, 1.165) is 12.0 Å². The number of cyclic esters (lactones) is 1. The first-order valence-corrected chi connectivity index (χ1v) is 7.50. The third-order valence-electron chi connectivity index (χ3n) is 4.68. The minimum absolute atomic E-state index is 0.0889. The second kappa shape index (κ2) is 5.17. The fourth-order valence-electron chi connectivity index (χ4n) is 3.04. The van der Waals surface area contributed by atoms with E-state index < -0.39 is 6.09 Å². The average molecular weight is 287 g/mol. The van der Waals surface area contributed by atoms with Crippen LogP contribution in [0.1, 0.15) is 32.3 Å². The molecule has 0 bridgehead atoms. The maximum absolute atomic E-state index is 12.4. The molecule has 2 atom stereocenters. The van der Waals surface area contributed by atoms with E-state index >= 15 is 0 Å². The van der Waals surface area contributed by atoms with Crippen LogP contribution in [0.15, 0.2) is 30.3 Å². The molecule has 1 aliphatic heterocycles. The number of amides is 2. The monoisotopic (exact) mass is 287 g/mol. The predicted octanol–water partition coefficient (Wildman–Crippen LogP) is 3.01. The molecule has 4 nitrogen and oxygen atoms in total. The number of nitrogens with zero attached hydrogens (tertiary/aromatic N) is 1. The van der Waals surface area contributed by atoms with Gasteiger partial charge in [-0.25, -0.2) is 9.69 Å². The van der Waals surface area contributed by atoms with Crippen molar-refractivity contribution >= 4 is 12.0 Å². The number of imide groups is 1. The Morgan fingerprint density at radius 1 is 1.33 bits per heavy atom. The average Bonchev–Trinajstić information content (AvgIpc) is 2.86. The Morgan fingerprint density at radius 2 is 2.00 bits per heavy atom. The van der Waals surface area contributed by atoms with Gasteiger partial charge in [-0.15, -0.1) is 0 Å². The molecule has 21 heavy (non-hydrogen) atoms. The van der Waals surface area contributed by atoms with Crippen LogP contribution in [0.2, 0.25) is 0 Å². The van der Waals surface area contributed by atoms with Crippen LogP contribution in [-0.2, 0) is 16.0 Å². The zero-order chi connectivity index (χ0) is 15.0. The molecule has 112 valence electrons. The zero-order valence-electron chi connectivity index (χ0n) is 12.5. The molecule has 0 radical (unpaired) electrons. The zero-order valence-corrected chi connectivity index (χ0v) is 12.5. The largest absolute Gasteiger partial charge is 0.447 e. The van der Waals surface area contributed by atoms with Crippen LogP contribution in [0.3, 0.4) is 0 Å². The van der Waals surface area contributed by atoms with Crippen LogP contribution in [0.5, 0.6) is 0 Å². The predicted molar refractivity (Wildman–Crippen MR) is 78.6 cm³/mol. The van der Waals surface area contributed by atoms with Crippen molar-refractivity contribution in [1.29, 1.82) is 0 Å². The van der Waals surface area contributed by atoms with Crippen LogP contribution in [0.25, 0.3) is 0 Å². The topological polar surface area (TPSA) is 46.6 Å². The number of hydrogen-bond donors (Lipinski definition) is 0. The van der Waals surface area contributed by atoms with Crippen molar-refractivity contribution in [2.75, 3.05) is 6.61 Å². The molecule has 1 heterocycles. The van der Waals surface area contributed by atoms with Crippen LogP contribution in [-0.4, -0.2) is 29.5 Å². The Kier molecular flexibility index (Phi) is 3.47. The number of ether oxygens (including phenoxy) is 1. The first-order chi connectivity index (χ1) is 9.97. The molecule has 1 aromatic carbocycles. The van der Waals surface area contributed by atoms with E-state index in [9.17, 15) is 9.59 Å². The molecule has 2 fully saturated rings. The molecule has 1 unspecified atom stereocenters. The summed E-state index contributed by atoms with van der Waals surface area (Å²) in [6.45, 7) is 4.62. The molecule has 1 aromatic rings. The number of benzene rings is 1. The van der Waals surface area contributed by atoms with Crippen LogP contribution in [0, 0.1) is 11.3 Å². The van der Waals surface area contributed by atoms with Crippen LogP contribution < -0.4 is 0 Å². The van der Waals surface area contributed by atoms with Crippen molar-refractivity contribution < 1.29 is 14.3 Å². The van der Waals surface area contributed by atoms with Gasteiger partial charge in [0.05, 0.1) is 6.04 Å². The first-order valence-electron chi connectivity index (χ1n) is 7.50. The summed E-state index contributed by atoms with van der Waals surface area (Å²) in [5.41, 5.74) is 1.36. The number of carbonyl (C=O) groups excluding carboxylic acids is 2.